The second-order valence-electron chi connectivity index (χ2n) is 5.89. The van der Waals surface area contributed by atoms with Crippen molar-refractivity contribution in [2.75, 3.05) is 0 Å². The van der Waals surface area contributed by atoms with E-state index in [1.807, 2.05) is 18.2 Å². The van der Waals surface area contributed by atoms with Crippen LogP contribution in [0.15, 0.2) is 72.8 Å². The van der Waals surface area contributed by atoms with Crippen molar-refractivity contribution < 1.29 is 24.1 Å². The van der Waals surface area contributed by atoms with Gasteiger partial charge in [0.2, 0.25) is 0 Å². The van der Waals surface area contributed by atoms with Crippen LogP contribution in [0, 0.1) is 20.2 Å². The molecule has 0 bridgehead atoms. The van der Waals surface area contributed by atoms with E-state index in [-0.39, 0.29) is 12.2 Å². The van der Waals surface area contributed by atoms with Gasteiger partial charge in [-0.2, -0.15) is 0 Å². The first-order chi connectivity index (χ1) is 13.9. The third kappa shape index (κ3) is 5.13. The number of nitro benzene ring substituents is 2. The van der Waals surface area contributed by atoms with Gasteiger partial charge in [-0.1, -0.05) is 30.3 Å². The van der Waals surface area contributed by atoms with Crippen LogP contribution in [-0.4, -0.2) is 15.8 Å². The number of nitro groups is 2. The second kappa shape index (κ2) is 8.61. The Morgan fingerprint density at radius 3 is 2.03 bits per heavy atom. The van der Waals surface area contributed by atoms with Crippen LogP contribution < -0.4 is 4.74 Å². The van der Waals surface area contributed by atoms with Crippen molar-refractivity contribution in [3.63, 3.8) is 0 Å². The minimum Gasteiger partial charge on any atom is -0.457 e. The molecule has 0 saturated carbocycles. The maximum Gasteiger partial charge on any atom is 0.338 e. The number of nitrogens with zero attached hydrogens (tertiary/aromatic N) is 2. The molecule has 9 heteroatoms. The summed E-state index contributed by atoms with van der Waals surface area (Å²) in [7, 11) is 0. The van der Waals surface area contributed by atoms with E-state index in [4.69, 9.17) is 9.47 Å². The number of hydrogen-bond donors (Lipinski definition) is 0. The molecule has 146 valence electrons. The van der Waals surface area contributed by atoms with Crippen LogP contribution in [0.1, 0.15) is 15.9 Å². The summed E-state index contributed by atoms with van der Waals surface area (Å²) < 4.78 is 10.9. The molecule has 3 aromatic rings. The number of ether oxygens (including phenoxy) is 2. The highest BCUT2D eigenvalue weighted by Crippen LogP contribution is 2.24. The number of carbonyl (C=O) groups excluding carboxylic acids is 1. The highest BCUT2D eigenvalue weighted by atomic mass is 16.6. The van der Waals surface area contributed by atoms with Gasteiger partial charge in [-0.25, -0.2) is 4.79 Å². The Labute approximate surface area is 164 Å². The lowest BCUT2D eigenvalue weighted by Gasteiger charge is -2.08. The molecule has 0 atom stereocenters. The molecule has 0 N–H and O–H groups in total. The van der Waals surface area contributed by atoms with E-state index in [2.05, 4.69) is 0 Å². The molecular weight excluding hydrogens is 380 g/mol. The van der Waals surface area contributed by atoms with Crippen LogP contribution in [-0.2, 0) is 11.3 Å². The Kier molecular flexibility index (Phi) is 5.79. The highest BCUT2D eigenvalue weighted by molar-refractivity contribution is 5.91. The molecule has 0 fully saturated rings. The summed E-state index contributed by atoms with van der Waals surface area (Å²) in [5.74, 6) is 0.271. The van der Waals surface area contributed by atoms with E-state index >= 15 is 0 Å². The largest absolute Gasteiger partial charge is 0.457 e. The van der Waals surface area contributed by atoms with Gasteiger partial charge < -0.3 is 9.47 Å². The van der Waals surface area contributed by atoms with Crippen molar-refractivity contribution >= 4 is 17.3 Å². The monoisotopic (exact) mass is 394 g/mol. The SMILES string of the molecule is O=C(OCc1cccc(Oc2ccccc2)c1)c1cc([N+](=O)[O-])cc([N+](=O)[O-])c1. The lowest BCUT2D eigenvalue weighted by molar-refractivity contribution is -0.394. The predicted molar refractivity (Wildman–Crippen MR) is 102 cm³/mol. The number of rotatable bonds is 7. The van der Waals surface area contributed by atoms with Crippen LogP contribution >= 0.6 is 0 Å². The Balaban J connectivity index is 1.72. The molecule has 0 aliphatic heterocycles. The maximum atomic E-state index is 12.2. The van der Waals surface area contributed by atoms with Gasteiger partial charge in [0.15, 0.2) is 0 Å². The number of benzene rings is 3. The fraction of sp³-hybridized carbons (Fsp3) is 0.0500. The minimum absolute atomic E-state index is 0.138. The Morgan fingerprint density at radius 2 is 1.41 bits per heavy atom. The van der Waals surface area contributed by atoms with Gasteiger partial charge >= 0.3 is 5.97 Å². The number of non-ortho nitro benzene ring substituents is 2. The van der Waals surface area contributed by atoms with E-state index in [0.717, 1.165) is 18.2 Å². The lowest BCUT2D eigenvalue weighted by atomic mass is 10.1. The zero-order chi connectivity index (χ0) is 20.8. The van der Waals surface area contributed by atoms with E-state index in [0.29, 0.717) is 17.1 Å². The summed E-state index contributed by atoms with van der Waals surface area (Å²) in [6.07, 6.45) is 0. The van der Waals surface area contributed by atoms with E-state index in [9.17, 15) is 25.0 Å². The standard InChI is InChI=1S/C20H14N2O7/c23-20(15-10-16(21(24)25)12-17(11-15)22(26)27)28-13-14-5-4-8-19(9-14)29-18-6-2-1-3-7-18/h1-12H,13H2. The van der Waals surface area contributed by atoms with Crippen LogP contribution in [0.2, 0.25) is 0 Å². The Bertz CT molecular complexity index is 1040. The van der Waals surface area contributed by atoms with Crippen LogP contribution in [0.25, 0.3) is 0 Å². The van der Waals surface area contributed by atoms with Crippen LogP contribution in [0.4, 0.5) is 11.4 Å². The van der Waals surface area contributed by atoms with Gasteiger partial charge in [0.1, 0.15) is 18.1 Å². The van der Waals surface area contributed by atoms with Crippen molar-refractivity contribution in [3.05, 3.63) is 104 Å². The topological polar surface area (TPSA) is 122 Å². The summed E-state index contributed by atoms with van der Waals surface area (Å²) in [5, 5.41) is 21.9. The molecule has 3 rings (SSSR count). The predicted octanol–water partition coefficient (Wildman–Crippen LogP) is 4.65. The zero-order valence-corrected chi connectivity index (χ0v) is 14.9. The molecule has 0 aliphatic carbocycles. The molecule has 0 heterocycles. The van der Waals surface area contributed by atoms with Gasteiger partial charge in [-0.15, -0.1) is 0 Å². The van der Waals surface area contributed by atoms with E-state index < -0.39 is 27.2 Å². The van der Waals surface area contributed by atoms with Gasteiger partial charge in [0.25, 0.3) is 11.4 Å². The third-order valence-electron chi connectivity index (χ3n) is 3.81. The molecule has 9 nitrogen and oxygen atoms in total. The van der Waals surface area contributed by atoms with Crippen LogP contribution in [0.5, 0.6) is 11.5 Å². The molecule has 3 aromatic carbocycles. The summed E-state index contributed by atoms with van der Waals surface area (Å²) in [5.41, 5.74) is -0.789. The van der Waals surface area contributed by atoms with Gasteiger partial charge in [0.05, 0.1) is 21.5 Å². The number of carbonyl (C=O) groups is 1. The van der Waals surface area contributed by atoms with Crippen LogP contribution in [0.3, 0.4) is 0 Å². The van der Waals surface area contributed by atoms with Gasteiger partial charge in [-0.3, -0.25) is 20.2 Å². The Hall–Kier alpha value is -4.27. The quantitative estimate of drug-likeness (QED) is 0.325. The molecule has 0 spiro atoms. The average Bonchev–Trinajstić information content (AvgIpc) is 2.72. The van der Waals surface area contributed by atoms with Crippen molar-refractivity contribution in [1.29, 1.82) is 0 Å². The molecule has 0 aromatic heterocycles. The average molecular weight is 394 g/mol. The van der Waals surface area contributed by atoms with Crippen molar-refractivity contribution in [2.24, 2.45) is 0 Å². The zero-order valence-electron chi connectivity index (χ0n) is 14.9. The highest BCUT2D eigenvalue weighted by Gasteiger charge is 2.20. The lowest BCUT2D eigenvalue weighted by Crippen LogP contribution is -2.07. The summed E-state index contributed by atoms with van der Waals surface area (Å²) in [6.45, 7) is -0.138. The minimum atomic E-state index is -0.911. The van der Waals surface area contributed by atoms with Gasteiger partial charge in [0, 0.05) is 12.1 Å². The van der Waals surface area contributed by atoms with Crippen molar-refractivity contribution in [2.45, 2.75) is 6.61 Å². The first-order valence-electron chi connectivity index (χ1n) is 8.35. The third-order valence-corrected chi connectivity index (χ3v) is 3.81. The summed E-state index contributed by atoms with van der Waals surface area (Å²) >= 11 is 0. The normalized spacial score (nSPS) is 10.2. The molecule has 29 heavy (non-hydrogen) atoms. The molecular formula is C20H14N2O7. The van der Waals surface area contributed by atoms with E-state index in [1.54, 1.807) is 36.4 Å². The number of para-hydroxylation sites is 1. The summed E-state index contributed by atoms with van der Waals surface area (Å²) in [4.78, 5) is 32.5. The Morgan fingerprint density at radius 1 is 0.793 bits per heavy atom. The van der Waals surface area contributed by atoms with Crippen molar-refractivity contribution in [1.82, 2.24) is 0 Å². The van der Waals surface area contributed by atoms with E-state index in [1.165, 1.54) is 0 Å². The fourth-order valence-corrected chi connectivity index (χ4v) is 2.48. The number of esters is 1. The van der Waals surface area contributed by atoms with Gasteiger partial charge in [-0.05, 0) is 29.8 Å². The maximum absolute atomic E-state index is 12.2. The molecule has 0 radical (unpaired) electrons. The first kappa shape index (κ1) is 19.5. The molecule has 0 unspecified atom stereocenters. The molecule has 0 saturated heterocycles. The second-order valence-corrected chi connectivity index (χ2v) is 5.89. The first-order valence-corrected chi connectivity index (χ1v) is 8.35. The van der Waals surface area contributed by atoms with Crippen molar-refractivity contribution in [3.8, 4) is 11.5 Å². The smallest absolute Gasteiger partial charge is 0.338 e. The summed E-state index contributed by atoms with van der Waals surface area (Å²) in [6, 6.07) is 18.6. The molecule has 0 aliphatic rings. The fourth-order valence-electron chi connectivity index (χ4n) is 2.48. The number of hydrogen-bond acceptors (Lipinski definition) is 7. The molecule has 0 amide bonds.